The van der Waals surface area contributed by atoms with Gasteiger partial charge in [-0.1, -0.05) is 6.07 Å². The number of ether oxygens (including phenoxy) is 3. The Kier molecular flexibility index (Phi) is 8.96. The first-order valence-corrected chi connectivity index (χ1v) is 17.8. The molecule has 0 radical (unpaired) electrons. The van der Waals surface area contributed by atoms with E-state index in [0.29, 0.717) is 18.2 Å². The molecular weight excluding hydrogens is 616 g/mol. The molecule has 5 heterocycles. The number of fused-ring (bicyclic) bond motifs is 2. The molecule has 2 saturated heterocycles. The number of rotatable bonds is 7. The van der Waals surface area contributed by atoms with Crippen LogP contribution in [0.2, 0.25) is 0 Å². The molecule has 0 aliphatic carbocycles. The molecule has 0 saturated carbocycles. The van der Waals surface area contributed by atoms with Crippen molar-refractivity contribution in [3.05, 3.63) is 76.5 Å². The molecule has 0 unspecified atom stereocenters. The zero-order valence-electron chi connectivity index (χ0n) is 29.8. The molecular formula is C40H50N4O5. The molecule has 7 rings (SSSR count). The van der Waals surface area contributed by atoms with Gasteiger partial charge in [0.2, 0.25) is 0 Å². The van der Waals surface area contributed by atoms with Crippen molar-refractivity contribution in [2.24, 2.45) is 0 Å². The highest BCUT2D eigenvalue weighted by Gasteiger charge is 2.43. The van der Waals surface area contributed by atoms with Crippen LogP contribution >= 0.6 is 0 Å². The summed E-state index contributed by atoms with van der Waals surface area (Å²) in [7, 11) is 0. The normalized spacial score (nSPS) is 20.3. The summed E-state index contributed by atoms with van der Waals surface area (Å²) in [5.74, 6) is 0.878. The maximum Gasteiger partial charge on any atom is 0.337 e. The van der Waals surface area contributed by atoms with Crippen molar-refractivity contribution < 1.29 is 24.1 Å². The highest BCUT2D eigenvalue weighted by atomic mass is 16.5. The largest absolute Gasteiger partial charge is 0.493 e. The maximum absolute atomic E-state index is 13.1. The van der Waals surface area contributed by atoms with Crippen molar-refractivity contribution in [2.75, 3.05) is 56.2 Å². The predicted octanol–water partition coefficient (Wildman–Crippen LogP) is 6.57. The van der Waals surface area contributed by atoms with Crippen molar-refractivity contribution in [1.29, 1.82) is 0 Å². The van der Waals surface area contributed by atoms with Gasteiger partial charge in [0.25, 0.3) is 0 Å². The summed E-state index contributed by atoms with van der Waals surface area (Å²) in [5, 5.41) is 14.4. The van der Waals surface area contributed by atoms with E-state index >= 15 is 0 Å². The van der Waals surface area contributed by atoms with Crippen LogP contribution in [-0.2, 0) is 20.7 Å². The van der Waals surface area contributed by atoms with Crippen molar-refractivity contribution in [1.82, 2.24) is 9.88 Å². The number of carboxylic acids is 1. The number of carbonyl (C=O) groups is 1. The summed E-state index contributed by atoms with van der Waals surface area (Å²) in [5.41, 5.74) is 7.56. The monoisotopic (exact) mass is 666 g/mol. The number of aryl methyl sites for hydroxylation is 2. The third-order valence-electron chi connectivity index (χ3n) is 10.2. The lowest BCUT2D eigenvalue weighted by molar-refractivity contribution is -0.156. The zero-order chi connectivity index (χ0) is 34.5. The zero-order valence-corrected chi connectivity index (χ0v) is 29.8. The molecule has 3 aromatic rings. The number of carboxylic acid groups (broad SMARTS) is 1. The topological polar surface area (TPSA) is 96.4 Å². The molecule has 1 aromatic heterocycles. The van der Waals surface area contributed by atoms with Crippen molar-refractivity contribution in [2.45, 2.75) is 84.1 Å². The van der Waals surface area contributed by atoms with Crippen LogP contribution in [0.15, 0.2) is 54.2 Å². The first kappa shape index (κ1) is 33.6. The lowest BCUT2D eigenvalue weighted by Crippen LogP contribution is -2.50. The molecule has 0 bridgehead atoms. The number of pyridine rings is 1. The number of nitrogens with zero attached hydrogens (tertiary/aromatic N) is 3. The molecule has 0 amide bonds. The molecule has 0 spiro atoms. The third-order valence-corrected chi connectivity index (χ3v) is 10.2. The Morgan fingerprint density at radius 3 is 2.57 bits per heavy atom. The van der Waals surface area contributed by atoms with Crippen LogP contribution in [0, 0.1) is 6.92 Å². The second-order valence-electron chi connectivity index (χ2n) is 15.4. The van der Waals surface area contributed by atoms with E-state index in [1.54, 1.807) is 0 Å². The van der Waals surface area contributed by atoms with E-state index in [2.05, 4.69) is 58.4 Å². The standard InChI is InChI=1S/C40H50N4O5/c1-25-19-32-31(22-30(25)26-12-13-41-34(21-26)44-15-8-14-43(16-17-44)29-23-47-24-29)35(28-10-11-33-27(20-28)9-7-18-48-33)36(40(5,6)42-32)37(38(45)46)49-39(2,3)4/h10-13,19-22,29,37,42H,7-9,14-18,23-24H2,1-6H3,(H,45,46)/t37-/m0/s1. The van der Waals surface area contributed by atoms with Crippen LogP contribution in [0.25, 0.3) is 16.7 Å². The Morgan fingerprint density at radius 2 is 1.84 bits per heavy atom. The summed E-state index contributed by atoms with van der Waals surface area (Å²) < 4.78 is 17.8. The number of hydrogen-bond acceptors (Lipinski definition) is 8. The third kappa shape index (κ3) is 6.81. The molecule has 2 N–H and O–H groups in total. The smallest absolute Gasteiger partial charge is 0.337 e. The van der Waals surface area contributed by atoms with E-state index in [-0.39, 0.29) is 0 Å². The van der Waals surface area contributed by atoms with Crippen LogP contribution in [-0.4, -0.2) is 90.2 Å². The fraction of sp³-hybridized carbons (Fsp3) is 0.500. The Morgan fingerprint density at radius 1 is 1.02 bits per heavy atom. The fourth-order valence-electron chi connectivity index (χ4n) is 7.79. The summed E-state index contributed by atoms with van der Waals surface area (Å²) in [6.07, 6.45) is 3.71. The van der Waals surface area contributed by atoms with Crippen LogP contribution in [0.4, 0.5) is 11.5 Å². The predicted molar refractivity (Wildman–Crippen MR) is 194 cm³/mol. The van der Waals surface area contributed by atoms with Crippen molar-refractivity contribution in [3.63, 3.8) is 0 Å². The molecule has 9 nitrogen and oxygen atoms in total. The van der Waals surface area contributed by atoms with E-state index in [9.17, 15) is 9.90 Å². The van der Waals surface area contributed by atoms with Crippen LogP contribution < -0.4 is 15.0 Å². The molecule has 1 atom stereocenters. The number of nitrogens with one attached hydrogen (secondary N) is 1. The molecule has 9 heteroatoms. The first-order valence-electron chi connectivity index (χ1n) is 17.8. The SMILES string of the molecule is Cc1cc2c(cc1-c1ccnc(N3CCCN(C4COC4)CC3)c1)C(c1ccc3c(c1)CCCO3)=C([C@H](OC(C)(C)C)C(=O)O)C(C)(C)N2. The minimum atomic E-state index is -1.16. The minimum absolute atomic E-state index is 0.542. The van der Waals surface area contributed by atoms with Crippen LogP contribution in [0.3, 0.4) is 0 Å². The second kappa shape index (κ2) is 13.1. The van der Waals surface area contributed by atoms with Gasteiger partial charge in [0.05, 0.1) is 37.0 Å². The number of aliphatic carboxylic acids is 1. The van der Waals surface area contributed by atoms with Gasteiger partial charge in [-0.25, -0.2) is 9.78 Å². The van der Waals surface area contributed by atoms with Gasteiger partial charge < -0.3 is 29.5 Å². The fourth-order valence-corrected chi connectivity index (χ4v) is 7.79. The van der Waals surface area contributed by atoms with Crippen molar-refractivity contribution in [3.8, 4) is 16.9 Å². The number of aromatic nitrogens is 1. The van der Waals surface area contributed by atoms with Crippen LogP contribution in [0.1, 0.15) is 69.7 Å². The van der Waals surface area contributed by atoms with Crippen LogP contribution in [0.5, 0.6) is 5.75 Å². The van der Waals surface area contributed by atoms with Crippen molar-refractivity contribution >= 4 is 23.0 Å². The molecule has 4 aliphatic heterocycles. The molecule has 2 aromatic carbocycles. The van der Waals surface area contributed by atoms with E-state index in [0.717, 1.165) is 115 Å². The number of benzene rings is 2. The van der Waals surface area contributed by atoms with Gasteiger partial charge in [-0.2, -0.15) is 0 Å². The van der Waals surface area contributed by atoms with Gasteiger partial charge in [0.1, 0.15) is 11.6 Å². The second-order valence-corrected chi connectivity index (χ2v) is 15.4. The molecule has 4 aliphatic rings. The Bertz CT molecular complexity index is 1770. The van der Waals surface area contributed by atoms with E-state index in [4.69, 9.17) is 19.2 Å². The Balaban J connectivity index is 1.35. The summed E-state index contributed by atoms with van der Waals surface area (Å²) in [6.45, 7) is 18.3. The number of hydrogen-bond donors (Lipinski definition) is 2. The lowest BCUT2D eigenvalue weighted by atomic mass is 9.75. The first-order chi connectivity index (χ1) is 23.4. The van der Waals surface area contributed by atoms with E-state index < -0.39 is 23.2 Å². The van der Waals surface area contributed by atoms with Gasteiger partial charge >= 0.3 is 5.97 Å². The Hall–Kier alpha value is -3.92. The summed E-state index contributed by atoms with van der Waals surface area (Å²) >= 11 is 0. The average molecular weight is 667 g/mol. The van der Waals surface area contributed by atoms with Gasteiger partial charge in [-0.3, -0.25) is 4.90 Å². The highest BCUT2D eigenvalue weighted by Crippen LogP contribution is 2.47. The van der Waals surface area contributed by atoms with Gasteiger partial charge in [0, 0.05) is 49.2 Å². The van der Waals surface area contributed by atoms with Gasteiger partial charge in [0.15, 0.2) is 6.10 Å². The van der Waals surface area contributed by atoms with E-state index in [1.807, 2.05) is 46.9 Å². The Labute approximate surface area is 290 Å². The van der Waals surface area contributed by atoms with Gasteiger partial charge in [-0.05, 0) is 131 Å². The average Bonchev–Trinajstić information content (AvgIpc) is 3.27. The molecule has 2 fully saturated rings. The summed E-state index contributed by atoms with van der Waals surface area (Å²) in [6, 6.07) is 15.6. The molecule has 49 heavy (non-hydrogen) atoms. The van der Waals surface area contributed by atoms with Gasteiger partial charge in [-0.15, -0.1) is 0 Å². The maximum atomic E-state index is 13.1. The molecule has 260 valence electrons. The van der Waals surface area contributed by atoms with E-state index in [1.165, 1.54) is 0 Å². The minimum Gasteiger partial charge on any atom is -0.493 e. The number of anilines is 2. The quantitative estimate of drug-likeness (QED) is 0.291. The highest BCUT2D eigenvalue weighted by molar-refractivity contribution is 5.98. The lowest BCUT2D eigenvalue weighted by Gasteiger charge is -2.42. The summed E-state index contributed by atoms with van der Waals surface area (Å²) in [4.78, 5) is 22.9.